The van der Waals surface area contributed by atoms with E-state index in [0.717, 1.165) is 11.3 Å². The molecule has 0 aliphatic carbocycles. The number of carbonyl (C=O) groups is 2. The van der Waals surface area contributed by atoms with Crippen molar-refractivity contribution in [2.75, 3.05) is 26.7 Å². The fourth-order valence-corrected chi connectivity index (χ4v) is 4.18. The summed E-state index contributed by atoms with van der Waals surface area (Å²) in [4.78, 5) is 28.1. The number of hydrogen-bond acceptors (Lipinski definition) is 7. The van der Waals surface area contributed by atoms with Gasteiger partial charge in [0.2, 0.25) is 5.91 Å². The van der Waals surface area contributed by atoms with E-state index in [1.807, 2.05) is 33.2 Å². The highest BCUT2D eigenvalue weighted by Gasteiger charge is 2.28. The van der Waals surface area contributed by atoms with Crippen molar-refractivity contribution in [3.8, 4) is 0 Å². The molecule has 186 valence electrons. The van der Waals surface area contributed by atoms with Crippen LogP contribution in [0.2, 0.25) is 0 Å². The van der Waals surface area contributed by atoms with Crippen LogP contribution in [-0.4, -0.2) is 85.8 Å². The van der Waals surface area contributed by atoms with Gasteiger partial charge < -0.3 is 19.8 Å². The number of aromatic carboxylic acids is 1. The Morgan fingerprint density at radius 3 is 2.91 bits per heavy atom. The van der Waals surface area contributed by atoms with Crippen LogP contribution >= 0.6 is 0 Å². The molecule has 3 atom stereocenters. The van der Waals surface area contributed by atoms with Crippen LogP contribution in [0.3, 0.4) is 0 Å². The molecule has 1 amide bonds. The molecule has 0 unspecified atom stereocenters. The second-order valence-electron chi connectivity index (χ2n) is 9.18. The van der Waals surface area contributed by atoms with E-state index in [1.54, 1.807) is 27.8 Å². The number of carboxylic acid groups (broad SMARTS) is 1. The third kappa shape index (κ3) is 7.09. The van der Waals surface area contributed by atoms with Crippen LogP contribution in [0.5, 0.6) is 0 Å². The van der Waals surface area contributed by atoms with Crippen LogP contribution in [0.1, 0.15) is 48.3 Å². The van der Waals surface area contributed by atoms with Crippen molar-refractivity contribution in [3.63, 3.8) is 0 Å². The highest BCUT2D eigenvalue weighted by atomic mass is 16.5. The molecule has 10 nitrogen and oxygen atoms in total. The molecule has 2 aromatic rings. The van der Waals surface area contributed by atoms with Gasteiger partial charge in [-0.1, -0.05) is 24.3 Å². The standard InChI is InChI=1S/C24H35N5O5/c1-17-11-29(18(2)15-30)23(31)8-5-9-28-13-21(25-26-28)16-34-22(17)14-27(3)12-19-6-4-7-20(10-19)24(32)33/h4,6-7,10,13,17-18,22,30H,5,8-9,11-12,14-16H2,1-3H3,(H,32,33)/t17-,18+,22-/m0/s1. The Morgan fingerprint density at radius 2 is 2.18 bits per heavy atom. The zero-order valence-electron chi connectivity index (χ0n) is 20.1. The molecule has 1 aromatic heterocycles. The molecule has 34 heavy (non-hydrogen) atoms. The molecule has 3 rings (SSSR count). The molecular weight excluding hydrogens is 438 g/mol. The number of ether oxygens (including phenoxy) is 1. The number of carboxylic acids is 1. The van der Waals surface area contributed by atoms with Crippen LogP contribution in [-0.2, 0) is 29.2 Å². The Morgan fingerprint density at radius 1 is 1.38 bits per heavy atom. The van der Waals surface area contributed by atoms with Gasteiger partial charge in [0.25, 0.3) is 0 Å². The SMILES string of the molecule is C[C@H](CO)N1C[C@H](C)[C@H](CN(C)Cc2cccc(C(=O)O)c2)OCc2cn(nn2)CCCC1=O. The Labute approximate surface area is 200 Å². The second-order valence-corrected chi connectivity index (χ2v) is 9.18. The summed E-state index contributed by atoms with van der Waals surface area (Å²) in [5.74, 6) is -0.959. The van der Waals surface area contributed by atoms with Gasteiger partial charge in [0, 0.05) is 38.5 Å². The minimum absolute atomic E-state index is 0.00516. The van der Waals surface area contributed by atoms with E-state index in [0.29, 0.717) is 45.6 Å². The topological polar surface area (TPSA) is 121 Å². The lowest BCUT2D eigenvalue weighted by Gasteiger charge is -2.35. The Hall–Kier alpha value is -2.82. The Bertz CT molecular complexity index is 965. The van der Waals surface area contributed by atoms with Crippen LogP contribution in [0.4, 0.5) is 0 Å². The fraction of sp³-hybridized carbons (Fsp3) is 0.583. The smallest absolute Gasteiger partial charge is 0.335 e. The van der Waals surface area contributed by atoms with Crippen molar-refractivity contribution in [3.05, 3.63) is 47.3 Å². The van der Waals surface area contributed by atoms with E-state index in [-0.39, 0.29) is 36.1 Å². The van der Waals surface area contributed by atoms with Crippen molar-refractivity contribution < 1.29 is 24.5 Å². The van der Waals surface area contributed by atoms with Crippen LogP contribution in [0.25, 0.3) is 0 Å². The number of fused-ring (bicyclic) bond motifs is 2. The first kappa shape index (κ1) is 25.8. The fourth-order valence-electron chi connectivity index (χ4n) is 4.18. The summed E-state index contributed by atoms with van der Waals surface area (Å²) >= 11 is 0. The van der Waals surface area contributed by atoms with Crippen LogP contribution < -0.4 is 0 Å². The van der Waals surface area contributed by atoms with Crippen molar-refractivity contribution >= 4 is 11.9 Å². The highest BCUT2D eigenvalue weighted by Crippen LogP contribution is 2.18. The summed E-state index contributed by atoms with van der Waals surface area (Å²) in [5, 5.41) is 27.3. The average molecular weight is 474 g/mol. The number of amides is 1. The quantitative estimate of drug-likeness (QED) is 0.623. The number of aromatic nitrogens is 3. The molecule has 2 heterocycles. The molecule has 2 bridgehead atoms. The number of aliphatic hydroxyl groups is 1. The number of aryl methyl sites for hydroxylation is 1. The molecule has 0 spiro atoms. The molecular formula is C24H35N5O5. The average Bonchev–Trinajstić information content (AvgIpc) is 3.26. The maximum absolute atomic E-state index is 13.0. The van der Waals surface area contributed by atoms with Gasteiger partial charge in [-0.15, -0.1) is 5.10 Å². The summed E-state index contributed by atoms with van der Waals surface area (Å²) in [6.45, 7) is 6.29. The van der Waals surface area contributed by atoms with E-state index in [9.17, 15) is 19.8 Å². The molecule has 1 aliphatic rings. The monoisotopic (exact) mass is 473 g/mol. The normalized spacial score (nSPS) is 21.0. The van der Waals surface area contributed by atoms with Gasteiger partial charge >= 0.3 is 5.97 Å². The maximum Gasteiger partial charge on any atom is 0.335 e. The van der Waals surface area contributed by atoms with E-state index < -0.39 is 5.97 Å². The second kappa shape index (κ2) is 12.0. The largest absolute Gasteiger partial charge is 0.478 e. The van der Waals surface area contributed by atoms with Crippen LogP contribution in [0.15, 0.2) is 30.5 Å². The zero-order valence-corrected chi connectivity index (χ0v) is 20.1. The van der Waals surface area contributed by atoms with Crippen LogP contribution in [0, 0.1) is 5.92 Å². The van der Waals surface area contributed by atoms with E-state index in [4.69, 9.17) is 4.74 Å². The first-order valence-electron chi connectivity index (χ1n) is 11.7. The van der Waals surface area contributed by atoms with Crippen molar-refractivity contribution in [1.82, 2.24) is 24.8 Å². The molecule has 10 heteroatoms. The predicted octanol–water partition coefficient (Wildman–Crippen LogP) is 1.63. The molecule has 0 fully saturated rings. The number of benzene rings is 1. The third-order valence-electron chi connectivity index (χ3n) is 6.16. The molecule has 0 saturated heterocycles. The lowest BCUT2D eigenvalue weighted by molar-refractivity contribution is -0.136. The van der Waals surface area contributed by atoms with Gasteiger partial charge in [0.05, 0.1) is 37.1 Å². The molecule has 0 radical (unpaired) electrons. The maximum atomic E-state index is 13.0. The van der Waals surface area contributed by atoms with Gasteiger partial charge in [-0.25, -0.2) is 4.79 Å². The van der Waals surface area contributed by atoms with Gasteiger partial charge in [-0.05, 0) is 38.1 Å². The molecule has 2 N–H and O–H groups in total. The zero-order chi connectivity index (χ0) is 24.7. The summed E-state index contributed by atoms with van der Waals surface area (Å²) < 4.78 is 8.01. The minimum atomic E-state index is -0.951. The molecule has 0 saturated carbocycles. The van der Waals surface area contributed by atoms with Crippen molar-refractivity contribution in [1.29, 1.82) is 0 Å². The van der Waals surface area contributed by atoms with Crippen molar-refractivity contribution in [2.45, 2.75) is 58.5 Å². The lowest BCUT2D eigenvalue weighted by Crippen LogP contribution is -2.47. The highest BCUT2D eigenvalue weighted by molar-refractivity contribution is 5.87. The Balaban J connectivity index is 1.76. The van der Waals surface area contributed by atoms with Gasteiger partial charge in [-0.2, -0.15) is 0 Å². The summed E-state index contributed by atoms with van der Waals surface area (Å²) in [6.07, 6.45) is 2.64. The number of likely N-dealkylation sites (N-methyl/N-ethyl adjacent to an activating group) is 1. The van der Waals surface area contributed by atoms with Gasteiger partial charge in [-0.3, -0.25) is 14.4 Å². The minimum Gasteiger partial charge on any atom is -0.478 e. The number of rotatable bonds is 7. The molecule has 1 aromatic carbocycles. The number of aliphatic hydroxyl groups excluding tert-OH is 1. The first-order chi connectivity index (χ1) is 16.3. The third-order valence-corrected chi connectivity index (χ3v) is 6.16. The summed E-state index contributed by atoms with van der Waals surface area (Å²) in [7, 11) is 1.96. The Kier molecular flexibility index (Phi) is 9.14. The first-order valence-corrected chi connectivity index (χ1v) is 11.7. The number of nitrogens with zero attached hydrogens (tertiary/aromatic N) is 5. The number of hydrogen-bond donors (Lipinski definition) is 2. The van der Waals surface area contributed by atoms with Gasteiger partial charge in [0.15, 0.2) is 0 Å². The molecule has 1 aliphatic heterocycles. The predicted molar refractivity (Wildman–Crippen MR) is 125 cm³/mol. The van der Waals surface area contributed by atoms with Gasteiger partial charge in [0.1, 0.15) is 5.69 Å². The van der Waals surface area contributed by atoms with Crippen molar-refractivity contribution in [2.24, 2.45) is 5.92 Å². The number of carbonyl (C=O) groups excluding carboxylic acids is 1. The lowest BCUT2D eigenvalue weighted by atomic mass is 10.0. The van der Waals surface area contributed by atoms with E-state index >= 15 is 0 Å². The summed E-state index contributed by atoms with van der Waals surface area (Å²) in [6, 6.07) is 6.62. The van der Waals surface area contributed by atoms with E-state index in [1.165, 1.54) is 0 Å². The van der Waals surface area contributed by atoms with E-state index in [2.05, 4.69) is 15.2 Å². The summed E-state index contributed by atoms with van der Waals surface area (Å²) in [5.41, 5.74) is 1.89.